The van der Waals surface area contributed by atoms with Crippen molar-refractivity contribution in [3.63, 3.8) is 0 Å². The van der Waals surface area contributed by atoms with Gasteiger partial charge in [-0.2, -0.15) is 0 Å². The lowest BCUT2D eigenvalue weighted by Crippen LogP contribution is -2.18. The van der Waals surface area contributed by atoms with E-state index in [1.165, 1.54) is 0 Å². The lowest BCUT2D eigenvalue weighted by Gasteiger charge is -2.05. The third kappa shape index (κ3) is 0.792. The molecule has 0 saturated heterocycles. The first-order valence-electron chi connectivity index (χ1n) is 4.47. The van der Waals surface area contributed by atoms with Crippen LogP contribution in [0.4, 0.5) is 5.82 Å². The van der Waals surface area contributed by atoms with Crippen molar-refractivity contribution in [3.05, 3.63) is 21.8 Å². The Morgan fingerprint density at radius 3 is 3.14 bits per heavy atom. The second kappa shape index (κ2) is 2.39. The number of carbonyl (C=O) groups is 1. The van der Waals surface area contributed by atoms with E-state index < -0.39 is 0 Å². The Hall–Kier alpha value is -1.29. The first kappa shape index (κ1) is 8.05. The lowest BCUT2D eigenvalue weighted by molar-refractivity contribution is 0.0951. The Morgan fingerprint density at radius 2 is 2.36 bits per heavy atom. The summed E-state index contributed by atoms with van der Waals surface area (Å²) < 4.78 is 0. The molecule has 1 aliphatic carbocycles. The fourth-order valence-corrected chi connectivity index (χ4v) is 2.48. The Bertz CT molecular complexity index is 458. The van der Waals surface area contributed by atoms with E-state index in [2.05, 4.69) is 10.3 Å². The molecule has 4 nitrogen and oxygen atoms in total. The average Bonchev–Trinajstić information content (AvgIpc) is 2.66. The Balaban J connectivity index is 2.38. The zero-order chi connectivity index (χ0) is 9.87. The van der Waals surface area contributed by atoms with Gasteiger partial charge < -0.3 is 11.1 Å². The molecule has 0 radical (unpaired) electrons. The van der Waals surface area contributed by atoms with Gasteiger partial charge in [0.15, 0.2) is 0 Å². The molecule has 3 N–H and O–H groups in total. The number of nitrogens with one attached hydrogen (secondary N) is 1. The Morgan fingerprint density at radius 1 is 1.57 bits per heavy atom. The SMILES string of the molecule is Nc1nc2c3c(c1Cl)CCC3NC2=O. The number of hydrogen-bond donors (Lipinski definition) is 2. The van der Waals surface area contributed by atoms with Crippen LogP contribution in [0.5, 0.6) is 0 Å². The molecule has 2 aliphatic rings. The first-order chi connectivity index (χ1) is 6.68. The predicted octanol–water partition coefficient (Wildman–Crippen LogP) is 1.05. The minimum Gasteiger partial charge on any atom is -0.382 e. The fraction of sp³-hybridized carbons (Fsp3) is 0.333. The third-order valence-corrected chi connectivity index (χ3v) is 3.28. The van der Waals surface area contributed by atoms with Crippen LogP contribution in [0.25, 0.3) is 0 Å². The molecule has 1 aromatic heterocycles. The zero-order valence-corrected chi connectivity index (χ0v) is 8.06. The molecule has 1 aliphatic heterocycles. The molecule has 0 spiro atoms. The van der Waals surface area contributed by atoms with Gasteiger partial charge in [0, 0.05) is 5.56 Å². The third-order valence-electron chi connectivity index (χ3n) is 2.85. The number of nitrogen functional groups attached to an aromatic ring is 1. The van der Waals surface area contributed by atoms with E-state index in [4.69, 9.17) is 17.3 Å². The zero-order valence-electron chi connectivity index (χ0n) is 7.30. The maximum atomic E-state index is 11.5. The van der Waals surface area contributed by atoms with Crippen molar-refractivity contribution in [1.82, 2.24) is 10.3 Å². The molecule has 3 rings (SSSR count). The summed E-state index contributed by atoms with van der Waals surface area (Å²) in [7, 11) is 0. The van der Waals surface area contributed by atoms with Crippen molar-refractivity contribution in [3.8, 4) is 0 Å². The highest BCUT2D eigenvalue weighted by atomic mass is 35.5. The minimum absolute atomic E-state index is 0.109. The van der Waals surface area contributed by atoms with E-state index in [1.54, 1.807) is 0 Å². The number of pyridine rings is 1. The van der Waals surface area contributed by atoms with Gasteiger partial charge in [0.1, 0.15) is 11.5 Å². The van der Waals surface area contributed by atoms with Gasteiger partial charge in [0.25, 0.3) is 5.91 Å². The van der Waals surface area contributed by atoms with Crippen molar-refractivity contribution >= 4 is 23.3 Å². The van der Waals surface area contributed by atoms with Crippen LogP contribution in [0.2, 0.25) is 5.02 Å². The highest BCUT2D eigenvalue weighted by Gasteiger charge is 2.38. The summed E-state index contributed by atoms with van der Waals surface area (Å²) in [5, 5.41) is 3.38. The van der Waals surface area contributed by atoms with Crippen LogP contribution in [-0.4, -0.2) is 10.9 Å². The highest BCUT2D eigenvalue weighted by molar-refractivity contribution is 6.34. The van der Waals surface area contributed by atoms with Gasteiger partial charge in [-0.3, -0.25) is 4.79 Å². The Kier molecular flexibility index (Phi) is 1.37. The summed E-state index contributed by atoms with van der Waals surface area (Å²) in [5.41, 5.74) is 8.05. The lowest BCUT2D eigenvalue weighted by atomic mass is 10.1. The molecule has 0 fully saturated rings. The summed E-state index contributed by atoms with van der Waals surface area (Å²) in [6.45, 7) is 0. The maximum Gasteiger partial charge on any atom is 0.270 e. The van der Waals surface area contributed by atoms with Crippen LogP contribution in [0.1, 0.15) is 34.1 Å². The summed E-state index contributed by atoms with van der Waals surface area (Å²) in [6, 6.07) is 0.109. The summed E-state index contributed by atoms with van der Waals surface area (Å²) >= 11 is 6.02. The topological polar surface area (TPSA) is 68.0 Å². The molecule has 1 amide bonds. The number of rotatable bonds is 0. The van der Waals surface area contributed by atoms with E-state index in [1.807, 2.05) is 0 Å². The molecule has 1 unspecified atom stereocenters. The van der Waals surface area contributed by atoms with Crippen LogP contribution >= 0.6 is 11.6 Å². The standard InChI is InChI=1S/C9H8ClN3O/c10-6-3-1-2-4-5(3)7(9(14)12-4)13-8(6)11/h4H,1-2H2,(H2,11,13)(H,12,14). The number of nitrogens with zero attached hydrogens (tertiary/aromatic N) is 1. The van der Waals surface area contributed by atoms with Crippen molar-refractivity contribution in [2.75, 3.05) is 5.73 Å². The molecule has 14 heavy (non-hydrogen) atoms. The normalized spacial score (nSPS) is 22.4. The highest BCUT2D eigenvalue weighted by Crippen LogP contribution is 2.42. The number of hydrogen-bond acceptors (Lipinski definition) is 3. The number of halogens is 1. The summed E-state index contributed by atoms with van der Waals surface area (Å²) in [4.78, 5) is 15.5. The molecule has 72 valence electrons. The largest absolute Gasteiger partial charge is 0.382 e. The van der Waals surface area contributed by atoms with Crippen LogP contribution < -0.4 is 11.1 Å². The number of carbonyl (C=O) groups excluding carboxylic acids is 1. The van der Waals surface area contributed by atoms with Gasteiger partial charge in [0.05, 0.1) is 11.1 Å². The molecule has 1 aromatic rings. The van der Waals surface area contributed by atoms with Crippen molar-refractivity contribution in [2.24, 2.45) is 0 Å². The second-order valence-corrected chi connectivity index (χ2v) is 3.99. The second-order valence-electron chi connectivity index (χ2n) is 3.62. The molecular weight excluding hydrogens is 202 g/mol. The number of amides is 1. The molecule has 0 bridgehead atoms. The molecule has 0 aromatic carbocycles. The number of aromatic nitrogens is 1. The fourth-order valence-electron chi connectivity index (χ4n) is 2.24. The molecule has 0 saturated carbocycles. The van der Waals surface area contributed by atoms with Crippen LogP contribution in [0, 0.1) is 0 Å². The number of nitrogens with two attached hydrogens (primary N) is 1. The van der Waals surface area contributed by atoms with Crippen molar-refractivity contribution < 1.29 is 4.79 Å². The number of anilines is 1. The minimum atomic E-state index is -0.130. The van der Waals surface area contributed by atoms with Gasteiger partial charge in [-0.25, -0.2) is 4.98 Å². The molecule has 5 heteroatoms. The summed E-state index contributed by atoms with van der Waals surface area (Å²) in [6.07, 6.45) is 1.78. The predicted molar refractivity (Wildman–Crippen MR) is 52.2 cm³/mol. The van der Waals surface area contributed by atoms with Crippen LogP contribution in [0.15, 0.2) is 0 Å². The van der Waals surface area contributed by atoms with Crippen molar-refractivity contribution in [2.45, 2.75) is 18.9 Å². The van der Waals surface area contributed by atoms with Gasteiger partial charge in [-0.1, -0.05) is 11.6 Å². The van der Waals surface area contributed by atoms with Crippen LogP contribution in [0.3, 0.4) is 0 Å². The monoisotopic (exact) mass is 209 g/mol. The first-order valence-corrected chi connectivity index (χ1v) is 4.85. The van der Waals surface area contributed by atoms with Gasteiger partial charge >= 0.3 is 0 Å². The van der Waals surface area contributed by atoms with E-state index >= 15 is 0 Å². The summed E-state index contributed by atoms with van der Waals surface area (Å²) in [5.74, 6) is 0.132. The molecular formula is C9H8ClN3O. The molecule has 1 atom stereocenters. The smallest absolute Gasteiger partial charge is 0.270 e. The van der Waals surface area contributed by atoms with E-state index in [-0.39, 0.29) is 17.8 Å². The van der Waals surface area contributed by atoms with Gasteiger partial charge in [-0.15, -0.1) is 0 Å². The van der Waals surface area contributed by atoms with Crippen molar-refractivity contribution in [1.29, 1.82) is 0 Å². The average molecular weight is 210 g/mol. The van der Waals surface area contributed by atoms with Gasteiger partial charge in [-0.05, 0) is 18.4 Å². The Labute approximate surface area is 85.5 Å². The van der Waals surface area contributed by atoms with E-state index in [0.717, 1.165) is 24.0 Å². The quantitative estimate of drug-likeness (QED) is 0.671. The van der Waals surface area contributed by atoms with Crippen LogP contribution in [-0.2, 0) is 6.42 Å². The molecule has 2 heterocycles. The van der Waals surface area contributed by atoms with E-state index in [9.17, 15) is 4.79 Å². The maximum absolute atomic E-state index is 11.5. The van der Waals surface area contributed by atoms with Gasteiger partial charge in [0.2, 0.25) is 0 Å². The van der Waals surface area contributed by atoms with E-state index in [0.29, 0.717) is 10.7 Å².